The Morgan fingerprint density at radius 3 is 3.13 bits per heavy atom. The van der Waals surface area contributed by atoms with Crippen LogP contribution in [0.25, 0.3) is 0 Å². The quantitative estimate of drug-likeness (QED) is 0.256. The third kappa shape index (κ3) is 4.00. The van der Waals surface area contributed by atoms with Gasteiger partial charge in [0.25, 0.3) is 0 Å². The predicted molar refractivity (Wildman–Crippen MR) is 57.1 cm³/mol. The lowest BCUT2D eigenvalue weighted by Crippen LogP contribution is -1.98. The van der Waals surface area contributed by atoms with Crippen molar-refractivity contribution in [1.82, 2.24) is 4.98 Å². The summed E-state index contributed by atoms with van der Waals surface area (Å²) in [4.78, 5) is 4.01. The molecule has 0 aliphatic carbocycles. The second-order valence-electron chi connectivity index (χ2n) is 2.49. The molecule has 0 radical (unpaired) electrons. The molecule has 0 amide bonds. The second kappa shape index (κ2) is 6.27. The molecule has 1 aromatic heterocycles. The van der Waals surface area contributed by atoms with Gasteiger partial charge >= 0.3 is 0 Å². The lowest BCUT2D eigenvalue weighted by atomic mass is 10.4. The molecule has 1 rings (SSSR count). The van der Waals surface area contributed by atoms with E-state index in [9.17, 15) is 0 Å². The second-order valence-corrected chi connectivity index (χ2v) is 2.49. The minimum absolute atomic E-state index is 0.328. The third-order valence-electron chi connectivity index (χ3n) is 1.49. The number of rotatable bonds is 4. The van der Waals surface area contributed by atoms with E-state index in [0.29, 0.717) is 18.2 Å². The molecular weight excluding hydrogens is 194 g/mol. The molecule has 0 unspecified atom stereocenters. The van der Waals surface area contributed by atoms with E-state index in [4.69, 9.17) is 9.94 Å². The van der Waals surface area contributed by atoms with Gasteiger partial charge in [0, 0.05) is 6.07 Å². The van der Waals surface area contributed by atoms with Crippen LogP contribution in [0.1, 0.15) is 6.92 Å². The monoisotopic (exact) mass is 205 g/mol. The maximum atomic E-state index is 8.17. The number of hydrogen-bond donors (Lipinski definition) is 2. The molecule has 15 heavy (non-hydrogen) atoms. The van der Waals surface area contributed by atoms with Crippen LogP contribution in [0.2, 0.25) is 0 Å². The Labute approximate surface area is 87.8 Å². The highest BCUT2D eigenvalue weighted by Gasteiger charge is 1.94. The molecule has 0 atom stereocenters. The van der Waals surface area contributed by atoms with Crippen LogP contribution < -0.4 is 10.1 Å². The molecule has 0 spiro atoms. The Bertz CT molecular complexity index is 376. The maximum absolute atomic E-state index is 8.17. The van der Waals surface area contributed by atoms with E-state index in [2.05, 4.69) is 27.3 Å². The molecule has 0 saturated heterocycles. The summed E-state index contributed by atoms with van der Waals surface area (Å²) in [5.74, 6) is 5.98. The Kier molecular flexibility index (Phi) is 4.54. The first-order valence-electron chi connectivity index (χ1n) is 4.27. The highest BCUT2D eigenvalue weighted by Crippen LogP contribution is 2.10. The van der Waals surface area contributed by atoms with E-state index >= 15 is 0 Å². The largest absolute Gasteiger partial charge is 0.464 e. The zero-order valence-electron chi connectivity index (χ0n) is 8.27. The SMILES string of the molecule is CC#CCOc1ccc(NC=NO)cn1. The normalized spacial score (nSPS) is 9.40. The Balaban J connectivity index is 2.50. The highest BCUT2D eigenvalue weighted by molar-refractivity contribution is 5.74. The molecule has 0 aliphatic rings. The van der Waals surface area contributed by atoms with E-state index in [0.717, 1.165) is 6.34 Å². The summed E-state index contributed by atoms with van der Waals surface area (Å²) in [6.45, 7) is 2.08. The molecular formula is C10H11N3O2. The van der Waals surface area contributed by atoms with Crippen LogP contribution >= 0.6 is 0 Å². The molecule has 0 saturated carbocycles. The van der Waals surface area contributed by atoms with E-state index in [-0.39, 0.29) is 0 Å². The van der Waals surface area contributed by atoms with Gasteiger partial charge in [-0.25, -0.2) is 4.98 Å². The standard InChI is InChI=1S/C10H11N3O2/c1-2-3-6-15-10-5-4-9(7-11-10)12-8-13-14/h4-5,7-8,14H,6H2,1H3,(H,12,13). The van der Waals surface area contributed by atoms with E-state index in [1.807, 2.05) is 0 Å². The number of nitrogens with one attached hydrogen (secondary N) is 1. The van der Waals surface area contributed by atoms with Gasteiger partial charge in [-0.1, -0.05) is 11.1 Å². The van der Waals surface area contributed by atoms with Crippen LogP contribution in [0.15, 0.2) is 23.5 Å². The number of pyridine rings is 1. The maximum Gasteiger partial charge on any atom is 0.214 e. The van der Waals surface area contributed by atoms with E-state index < -0.39 is 0 Å². The van der Waals surface area contributed by atoms with Crippen molar-refractivity contribution in [2.24, 2.45) is 5.16 Å². The van der Waals surface area contributed by atoms with Crippen molar-refractivity contribution in [3.8, 4) is 17.7 Å². The predicted octanol–water partition coefficient (Wildman–Crippen LogP) is 1.31. The zero-order chi connectivity index (χ0) is 10.9. The van der Waals surface area contributed by atoms with Gasteiger partial charge in [-0.2, -0.15) is 0 Å². The fraction of sp³-hybridized carbons (Fsp3) is 0.200. The summed E-state index contributed by atoms with van der Waals surface area (Å²) in [7, 11) is 0. The number of aromatic nitrogens is 1. The smallest absolute Gasteiger partial charge is 0.214 e. The number of oxime groups is 1. The van der Waals surface area contributed by atoms with Crippen molar-refractivity contribution in [1.29, 1.82) is 0 Å². The zero-order valence-corrected chi connectivity index (χ0v) is 8.27. The summed E-state index contributed by atoms with van der Waals surface area (Å²) in [5.41, 5.74) is 0.710. The highest BCUT2D eigenvalue weighted by atomic mass is 16.5. The van der Waals surface area contributed by atoms with Crippen molar-refractivity contribution in [2.45, 2.75) is 6.92 Å². The fourth-order valence-corrected chi connectivity index (χ4v) is 0.837. The van der Waals surface area contributed by atoms with E-state index in [1.165, 1.54) is 0 Å². The first-order chi connectivity index (χ1) is 7.36. The Morgan fingerprint density at radius 2 is 2.53 bits per heavy atom. The lowest BCUT2D eigenvalue weighted by molar-refractivity contribution is 0.321. The van der Waals surface area contributed by atoms with Gasteiger partial charge in [0.15, 0.2) is 6.61 Å². The van der Waals surface area contributed by atoms with Crippen LogP contribution in [0.3, 0.4) is 0 Å². The van der Waals surface area contributed by atoms with Crippen LogP contribution in [0, 0.1) is 11.8 Å². The molecule has 0 fully saturated rings. The van der Waals surface area contributed by atoms with Gasteiger partial charge in [0.2, 0.25) is 5.88 Å². The number of nitrogens with zero attached hydrogens (tertiary/aromatic N) is 2. The van der Waals surface area contributed by atoms with Crippen LogP contribution in [-0.2, 0) is 0 Å². The molecule has 0 bridgehead atoms. The van der Waals surface area contributed by atoms with Crippen LogP contribution in [0.5, 0.6) is 5.88 Å². The fourth-order valence-electron chi connectivity index (χ4n) is 0.837. The van der Waals surface area contributed by atoms with Crippen molar-refractivity contribution in [3.63, 3.8) is 0 Å². The Morgan fingerprint density at radius 1 is 1.67 bits per heavy atom. The summed E-state index contributed by atoms with van der Waals surface area (Å²) in [6, 6.07) is 3.45. The van der Waals surface area contributed by atoms with Gasteiger partial charge in [-0.05, 0) is 13.0 Å². The number of anilines is 1. The molecule has 1 aromatic rings. The minimum atomic E-state index is 0.328. The Hall–Kier alpha value is -2.22. The van der Waals surface area contributed by atoms with Gasteiger partial charge in [-0.3, -0.25) is 0 Å². The molecule has 5 nitrogen and oxygen atoms in total. The van der Waals surface area contributed by atoms with Gasteiger partial charge in [0.05, 0.1) is 11.9 Å². The molecule has 0 aromatic carbocycles. The summed E-state index contributed by atoms with van der Waals surface area (Å²) in [5, 5.41) is 13.7. The average molecular weight is 205 g/mol. The van der Waals surface area contributed by atoms with Crippen molar-refractivity contribution in [2.75, 3.05) is 11.9 Å². The summed E-state index contributed by atoms with van der Waals surface area (Å²) >= 11 is 0. The van der Waals surface area contributed by atoms with Gasteiger partial charge in [-0.15, -0.1) is 5.92 Å². The lowest BCUT2D eigenvalue weighted by Gasteiger charge is -2.02. The molecule has 78 valence electrons. The molecule has 1 heterocycles. The van der Waals surface area contributed by atoms with Crippen molar-refractivity contribution < 1.29 is 9.94 Å². The topological polar surface area (TPSA) is 66.7 Å². The number of hydrogen-bond acceptors (Lipinski definition) is 4. The van der Waals surface area contributed by atoms with E-state index in [1.54, 1.807) is 25.3 Å². The summed E-state index contributed by atoms with van der Waals surface area (Å²) in [6.07, 6.45) is 2.72. The van der Waals surface area contributed by atoms with Crippen LogP contribution in [0.4, 0.5) is 5.69 Å². The molecule has 5 heteroatoms. The number of ether oxygens (including phenoxy) is 1. The van der Waals surface area contributed by atoms with Gasteiger partial charge in [0.1, 0.15) is 6.34 Å². The van der Waals surface area contributed by atoms with Crippen LogP contribution in [-0.4, -0.2) is 23.1 Å². The first kappa shape index (κ1) is 10.9. The third-order valence-corrected chi connectivity index (χ3v) is 1.49. The first-order valence-corrected chi connectivity index (χ1v) is 4.27. The summed E-state index contributed by atoms with van der Waals surface area (Å²) < 4.78 is 5.21. The van der Waals surface area contributed by atoms with Crippen molar-refractivity contribution in [3.05, 3.63) is 18.3 Å². The minimum Gasteiger partial charge on any atom is -0.464 e. The average Bonchev–Trinajstić information content (AvgIpc) is 2.28. The van der Waals surface area contributed by atoms with Gasteiger partial charge < -0.3 is 15.3 Å². The van der Waals surface area contributed by atoms with Crippen molar-refractivity contribution >= 4 is 12.0 Å². The molecule has 2 N–H and O–H groups in total. The molecule has 0 aliphatic heterocycles.